The van der Waals surface area contributed by atoms with Gasteiger partial charge in [0.25, 0.3) is 0 Å². The summed E-state index contributed by atoms with van der Waals surface area (Å²) in [7, 11) is -22.8. The number of carbonyl (C=O) groups is 2. The molecule has 4 aromatic rings. The van der Waals surface area contributed by atoms with Gasteiger partial charge in [-0.3, -0.25) is 18.4 Å². The number of benzene rings is 4. The molecule has 84 heavy (non-hydrogen) atoms. The van der Waals surface area contributed by atoms with Crippen molar-refractivity contribution in [3.8, 4) is 34.5 Å². The van der Waals surface area contributed by atoms with Gasteiger partial charge in [0, 0.05) is 24.8 Å². The first-order valence-electron chi connectivity index (χ1n) is 27.1. The summed E-state index contributed by atoms with van der Waals surface area (Å²) in [5, 5.41) is 10.5. The van der Waals surface area contributed by atoms with Gasteiger partial charge in [-0.25, -0.2) is 4.79 Å². The SMILES string of the molecule is COP1(Oc2cccc(OC(=O)c3cccc(OP4(OC(C)(C)C)=NP(OC(C)(C)C)(OC(C)(C)C)=NP(Oc5cccc(C(C)=O)c5)(OC(C)(C)C)=N4)c3)c2)=NP(Oc2cccc(O)c2)(OC(C)(C)C)=NP(OC(C)(C)C)(OC(C)(C)C)=N1. The van der Waals surface area contributed by atoms with Crippen LogP contribution < -0.4 is 22.8 Å². The Kier molecular flexibility index (Phi) is 20.5. The van der Waals surface area contributed by atoms with E-state index < -0.39 is 91.1 Å². The van der Waals surface area contributed by atoms with Crippen LogP contribution in [0.4, 0.5) is 0 Å². The number of phenolic OH excluding ortho intramolecular Hbond substituents is 1. The Morgan fingerprint density at radius 2 is 0.631 bits per heavy atom. The van der Waals surface area contributed by atoms with Gasteiger partial charge in [0.15, 0.2) is 5.78 Å². The molecule has 4 aromatic carbocycles. The summed E-state index contributed by atoms with van der Waals surface area (Å²) in [6.45, 7) is 39.9. The van der Waals surface area contributed by atoms with Gasteiger partial charge in [0.05, 0.1) is 44.8 Å². The predicted octanol–water partition coefficient (Wildman–Crippen LogP) is 20.8. The van der Waals surface area contributed by atoms with Gasteiger partial charge in [-0.05, 0) is 207 Å². The van der Waals surface area contributed by atoms with Crippen LogP contribution in [0.1, 0.15) is 173 Å². The summed E-state index contributed by atoms with van der Waals surface area (Å²) in [6, 6.07) is 25.3. The van der Waals surface area contributed by atoms with E-state index >= 15 is 0 Å². The van der Waals surface area contributed by atoms with E-state index in [0.29, 0.717) is 5.56 Å². The number of aromatic hydroxyl groups is 1. The summed E-state index contributed by atoms with van der Waals surface area (Å²) in [6.07, 6.45) is 0. The molecule has 0 aromatic heterocycles. The minimum Gasteiger partial charge on any atom is -0.508 e. The van der Waals surface area contributed by atoms with E-state index in [1.165, 1.54) is 38.3 Å². The number of hydrogen-bond donors (Lipinski definition) is 1. The van der Waals surface area contributed by atoms with E-state index in [0.717, 1.165) is 0 Å². The molecule has 4 unspecified atom stereocenters. The summed E-state index contributed by atoms with van der Waals surface area (Å²) >= 11 is 0. The molecule has 0 radical (unpaired) electrons. The number of hydrogen-bond acceptors (Lipinski definition) is 22. The highest BCUT2D eigenvalue weighted by molar-refractivity contribution is 7.79. The van der Waals surface area contributed by atoms with Crippen molar-refractivity contribution >= 4 is 57.7 Å². The van der Waals surface area contributed by atoms with Gasteiger partial charge in [-0.1, -0.05) is 30.3 Å². The average molecular weight is 1290 g/mol. The predicted molar refractivity (Wildman–Crippen MR) is 334 cm³/mol. The second-order valence-electron chi connectivity index (χ2n) is 26.4. The smallest absolute Gasteiger partial charge is 0.404 e. The average Bonchev–Trinajstić information content (AvgIpc) is 0.791. The molecule has 466 valence electrons. The highest BCUT2D eigenvalue weighted by Gasteiger charge is 2.52. The molecule has 1 N–H and O–H groups in total. The van der Waals surface area contributed by atoms with Crippen LogP contribution in [-0.4, -0.2) is 63.2 Å². The lowest BCUT2D eigenvalue weighted by atomic mass is 10.1. The third-order valence-corrected chi connectivity index (χ3v) is 28.0. The molecule has 6 rings (SSSR count). The zero-order valence-electron chi connectivity index (χ0n) is 52.7. The Labute approximate surface area is 497 Å². The van der Waals surface area contributed by atoms with Gasteiger partial charge < -0.3 is 50.6 Å². The van der Waals surface area contributed by atoms with Crippen LogP contribution in [0.15, 0.2) is 124 Å². The van der Waals surface area contributed by atoms with Crippen molar-refractivity contribution in [3.63, 3.8) is 0 Å². The van der Waals surface area contributed by atoms with Crippen molar-refractivity contribution in [2.24, 2.45) is 27.1 Å². The maximum atomic E-state index is 14.5. The van der Waals surface area contributed by atoms with Crippen LogP contribution in [0.2, 0.25) is 0 Å². The monoisotopic (exact) mass is 1280 g/mol. The van der Waals surface area contributed by atoms with Crippen molar-refractivity contribution < 1.29 is 73.7 Å². The summed E-state index contributed by atoms with van der Waals surface area (Å²) < 4.78 is 118. The molecule has 2 aliphatic heterocycles. The number of nitrogens with zero attached hydrogens (tertiary/aromatic N) is 6. The van der Waals surface area contributed by atoms with Crippen molar-refractivity contribution in [1.82, 2.24) is 0 Å². The van der Waals surface area contributed by atoms with Crippen LogP contribution in [0.3, 0.4) is 0 Å². The normalized spacial score (nSPS) is 22.8. The van der Waals surface area contributed by atoms with E-state index in [1.54, 1.807) is 72.8 Å². The number of esters is 1. The fourth-order valence-corrected chi connectivity index (χ4v) is 27.6. The second-order valence-corrected chi connectivity index (χ2v) is 39.0. The van der Waals surface area contributed by atoms with Gasteiger partial charge in [0.1, 0.15) is 34.5 Å². The van der Waals surface area contributed by atoms with Gasteiger partial charge >= 0.3 is 51.9 Å². The molecule has 2 aliphatic rings. The lowest BCUT2D eigenvalue weighted by molar-refractivity contribution is 0.0641. The highest BCUT2D eigenvalue weighted by atomic mass is 31.3. The quantitative estimate of drug-likeness (QED) is 0.0397. The molecular weight excluding hydrogens is 1200 g/mol. The third-order valence-electron chi connectivity index (χ3n) is 9.38. The van der Waals surface area contributed by atoms with Crippen LogP contribution in [0.5, 0.6) is 34.5 Å². The van der Waals surface area contributed by atoms with Gasteiger partial charge in [-0.15, -0.1) is 27.1 Å². The first-order chi connectivity index (χ1) is 38.1. The molecule has 0 aliphatic carbocycles. The van der Waals surface area contributed by atoms with Crippen LogP contribution >= 0.6 is 46.0 Å². The number of phenols is 1. The molecule has 0 fully saturated rings. The molecule has 0 spiro atoms. The first-order valence-corrected chi connectivity index (χ1v) is 36.3. The fourth-order valence-electron chi connectivity index (χ4n) is 7.37. The molecule has 2 heterocycles. The van der Waals surface area contributed by atoms with Crippen LogP contribution in [0, 0.1) is 0 Å². The fraction of sp³-hybridized carbons (Fsp3) is 0.536. The number of Topliss-reactive ketones (excluding diaryl/α,β-unsaturated/α-hetero) is 1. The molecule has 0 saturated carbocycles. The molecular formula is C56H86N6O16P6. The van der Waals surface area contributed by atoms with Crippen molar-refractivity contribution in [1.29, 1.82) is 0 Å². The Balaban J connectivity index is 1.49. The molecule has 4 atom stereocenters. The molecule has 28 heteroatoms. The number of carbonyl (C=O) groups excluding carboxylic acids is 2. The van der Waals surface area contributed by atoms with Crippen molar-refractivity contribution in [2.75, 3.05) is 7.11 Å². The Morgan fingerprint density at radius 3 is 1.01 bits per heavy atom. The van der Waals surface area contributed by atoms with Crippen LogP contribution in [0.25, 0.3) is 0 Å². The molecule has 0 saturated heterocycles. The van der Waals surface area contributed by atoms with Gasteiger partial charge in [-0.2, -0.15) is 0 Å². The minimum absolute atomic E-state index is 0.0580. The zero-order chi connectivity index (χ0) is 63.0. The highest BCUT2D eigenvalue weighted by Crippen LogP contribution is 2.83. The third kappa shape index (κ3) is 20.9. The van der Waals surface area contributed by atoms with Crippen molar-refractivity contribution in [2.45, 2.75) is 192 Å². The van der Waals surface area contributed by atoms with E-state index in [2.05, 4.69) is 0 Å². The number of ether oxygens (including phenoxy) is 1. The zero-order valence-corrected chi connectivity index (χ0v) is 58.0. The first kappa shape index (κ1) is 69.2. The maximum absolute atomic E-state index is 14.5. The standard InChI is InChI=1S/C56H86N6O16P6/c1-40(63)41-28-24-32-45(36-41)69-81(73-51(5,6)7)59-82(74-52(8,9)10,62-84(61-81,77-55(17,18)19)78-56(20,21)22)70-46-33-25-29-42(37-46)49(65)67-44-31-27-35-48(39-44)68-79(66-23)57-80(72-50(2,3)4,71-47-34-26-30-43(64)38-47)60-83(58-79,75-53(11,12)13)76-54(14,15)16/h24-39,64H,1-23H3. The number of rotatable bonds is 19. The Hall–Kier alpha value is -3.92. The molecule has 0 amide bonds. The minimum atomic E-state index is -4.19. The Bertz CT molecular complexity index is 3420. The summed E-state index contributed by atoms with van der Waals surface area (Å²) in [5.74, 6) is -0.353. The largest absolute Gasteiger partial charge is 0.508 e. The molecule has 22 nitrogen and oxygen atoms in total. The summed E-state index contributed by atoms with van der Waals surface area (Å²) in [4.78, 5) is 27.2. The maximum Gasteiger partial charge on any atom is 0.404 e. The van der Waals surface area contributed by atoms with Crippen molar-refractivity contribution in [3.05, 3.63) is 108 Å². The molecule has 0 bridgehead atoms. The van der Waals surface area contributed by atoms with E-state index in [1.807, 2.05) is 145 Å². The van der Waals surface area contributed by atoms with E-state index in [9.17, 15) is 14.7 Å². The Morgan fingerprint density at radius 1 is 0.357 bits per heavy atom. The topological polar surface area (TPSA) is 249 Å². The lowest BCUT2D eigenvalue weighted by Gasteiger charge is -2.40. The number of ketones is 1. The lowest BCUT2D eigenvalue weighted by Crippen LogP contribution is -2.26. The van der Waals surface area contributed by atoms with E-state index in [-0.39, 0.29) is 45.8 Å². The van der Waals surface area contributed by atoms with Crippen LogP contribution in [-0.2, 0) is 36.2 Å². The van der Waals surface area contributed by atoms with Gasteiger partial charge in [0.2, 0.25) is 0 Å². The van der Waals surface area contributed by atoms with E-state index in [4.69, 9.17) is 86.1 Å². The summed E-state index contributed by atoms with van der Waals surface area (Å²) in [5.41, 5.74) is -6.13. The second kappa shape index (κ2) is 24.9.